The third kappa shape index (κ3) is 5.20. The Hall–Kier alpha value is -1.61. The van der Waals surface area contributed by atoms with Crippen molar-refractivity contribution in [3.05, 3.63) is 29.8 Å². The molecule has 1 saturated heterocycles. The molecule has 0 saturated carbocycles. The van der Waals surface area contributed by atoms with Crippen molar-refractivity contribution in [2.75, 3.05) is 13.1 Å². The first-order valence-corrected chi connectivity index (χ1v) is 6.89. The summed E-state index contributed by atoms with van der Waals surface area (Å²) in [6.45, 7) is 0.264. The Morgan fingerprint density at radius 2 is 2.04 bits per heavy atom. The molecule has 2 rings (SSSR count). The van der Waals surface area contributed by atoms with Crippen LogP contribution in [0.4, 0.5) is 22.0 Å². The molecule has 1 fully saturated rings. The lowest BCUT2D eigenvalue weighted by atomic mass is 10.1. The van der Waals surface area contributed by atoms with E-state index in [1.165, 1.54) is 18.2 Å². The third-order valence-electron chi connectivity index (χ3n) is 3.31. The summed E-state index contributed by atoms with van der Waals surface area (Å²) in [7, 11) is 0. The number of rotatable bonds is 6. The number of nitrogens with one attached hydrogen (secondary N) is 2. The summed E-state index contributed by atoms with van der Waals surface area (Å²) in [5.74, 6) is -1.42. The predicted molar refractivity (Wildman–Crippen MR) is 78.9 cm³/mol. The molecule has 2 N–H and O–H groups in total. The highest BCUT2D eigenvalue weighted by atomic mass is 35.5. The molecular formula is C14H16ClF5N2O2. The number of hydrogen-bond donors (Lipinski definition) is 2. The molecule has 0 spiro atoms. The van der Waals surface area contributed by atoms with Gasteiger partial charge in [-0.2, -0.15) is 17.6 Å². The van der Waals surface area contributed by atoms with Crippen LogP contribution in [-0.2, 0) is 0 Å². The average molecular weight is 375 g/mol. The Kier molecular flexibility index (Phi) is 7.22. The van der Waals surface area contributed by atoms with E-state index < -0.39 is 30.4 Å². The number of amides is 1. The van der Waals surface area contributed by atoms with Crippen molar-refractivity contribution in [2.45, 2.75) is 31.2 Å². The lowest BCUT2D eigenvalue weighted by Crippen LogP contribution is -2.38. The molecule has 1 heterocycles. The molecule has 1 aromatic carbocycles. The van der Waals surface area contributed by atoms with Crippen LogP contribution in [0, 0.1) is 0 Å². The van der Waals surface area contributed by atoms with E-state index in [2.05, 4.69) is 15.4 Å². The van der Waals surface area contributed by atoms with Gasteiger partial charge >= 0.3 is 12.5 Å². The molecule has 2 atom stereocenters. The first-order chi connectivity index (χ1) is 10.8. The standard InChI is InChI=1S/C14H15F5N2O2.ClH/c15-8-5-9(20-6-8)7-21-12(22)10-3-1-2-4-11(10)23-14(18,19)13(16)17;/h1-4,8-9,13,20H,5-7H2,(H,21,22);1H/t8-,9-;/m0./s1. The Morgan fingerprint density at radius 3 is 2.62 bits per heavy atom. The second-order valence-electron chi connectivity index (χ2n) is 5.11. The minimum absolute atomic E-state index is 0. The number of para-hydroxylation sites is 1. The van der Waals surface area contributed by atoms with Gasteiger partial charge in [-0.3, -0.25) is 4.79 Å². The zero-order valence-electron chi connectivity index (χ0n) is 12.3. The highest BCUT2D eigenvalue weighted by molar-refractivity contribution is 5.96. The molecule has 0 aromatic heterocycles. The van der Waals surface area contributed by atoms with E-state index in [9.17, 15) is 26.7 Å². The van der Waals surface area contributed by atoms with Crippen LogP contribution in [0.5, 0.6) is 5.75 Å². The fourth-order valence-corrected chi connectivity index (χ4v) is 2.17. The number of carbonyl (C=O) groups excluding carboxylic acids is 1. The van der Waals surface area contributed by atoms with Gasteiger partial charge in [-0.15, -0.1) is 12.4 Å². The van der Waals surface area contributed by atoms with Gasteiger partial charge in [-0.25, -0.2) is 4.39 Å². The van der Waals surface area contributed by atoms with Crippen LogP contribution in [0.15, 0.2) is 24.3 Å². The van der Waals surface area contributed by atoms with E-state index in [1.54, 1.807) is 0 Å². The van der Waals surface area contributed by atoms with Crippen LogP contribution < -0.4 is 15.4 Å². The van der Waals surface area contributed by atoms with Crippen molar-refractivity contribution in [1.82, 2.24) is 10.6 Å². The van der Waals surface area contributed by atoms with Gasteiger partial charge in [0, 0.05) is 19.1 Å². The summed E-state index contributed by atoms with van der Waals surface area (Å²) in [5, 5.41) is 5.28. The van der Waals surface area contributed by atoms with Crippen LogP contribution in [0.3, 0.4) is 0 Å². The molecule has 0 radical (unpaired) electrons. The zero-order chi connectivity index (χ0) is 17.0. The van der Waals surface area contributed by atoms with E-state index in [4.69, 9.17) is 0 Å². The quantitative estimate of drug-likeness (QED) is 0.753. The molecule has 1 aliphatic heterocycles. The maximum Gasteiger partial charge on any atom is 0.461 e. The fraction of sp³-hybridized carbons (Fsp3) is 0.500. The SMILES string of the molecule is Cl.O=C(NC[C@@H]1C[C@H](F)CN1)c1ccccc1OC(F)(F)C(F)F. The van der Waals surface area contributed by atoms with E-state index in [1.807, 2.05) is 0 Å². The van der Waals surface area contributed by atoms with Gasteiger partial charge in [0.2, 0.25) is 0 Å². The first kappa shape index (κ1) is 20.4. The van der Waals surface area contributed by atoms with Gasteiger partial charge < -0.3 is 15.4 Å². The highest BCUT2D eigenvalue weighted by Gasteiger charge is 2.44. The molecule has 24 heavy (non-hydrogen) atoms. The summed E-state index contributed by atoms with van der Waals surface area (Å²) in [4.78, 5) is 12.0. The smallest absolute Gasteiger partial charge is 0.427 e. The zero-order valence-corrected chi connectivity index (χ0v) is 13.1. The average Bonchev–Trinajstić information content (AvgIpc) is 2.90. The molecule has 136 valence electrons. The van der Waals surface area contributed by atoms with Crippen molar-refractivity contribution < 1.29 is 31.5 Å². The van der Waals surface area contributed by atoms with Gasteiger partial charge in [-0.05, 0) is 18.6 Å². The van der Waals surface area contributed by atoms with Crippen molar-refractivity contribution in [3.63, 3.8) is 0 Å². The van der Waals surface area contributed by atoms with Crippen molar-refractivity contribution in [1.29, 1.82) is 0 Å². The minimum Gasteiger partial charge on any atom is -0.427 e. The Morgan fingerprint density at radius 1 is 1.38 bits per heavy atom. The van der Waals surface area contributed by atoms with Gasteiger partial charge in [0.05, 0.1) is 5.56 Å². The van der Waals surface area contributed by atoms with Crippen LogP contribution >= 0.6 is 12.4 Å². The minimum atomic E-state index is -4.70. The molecule has 0 unspecified atom stereocenters. The number of ether oxygens (including phenoxy) is 1. The first-order valence-electron chi connectivity index (χ1n) is 6.89. The molecule has 1 aliphatic rings. The van der Waals surface area contributed by atoms with Crippen molar-refractivity contribution in [2.24, 2.45) is 0 Å². The van der Waals surface area contributed by atoms with Gasteiger partial charge in [0.15, 0.2) is 0 Å². The topological polar surface area (TPSA) is 50.4 Å². The highest BCUT2D eigenvalue weighted by Crippen LogP contribution is 2.29. The summed E-state index contributed by atoms with van der Waals surface area (Å²) in [6.07, 6.45) is -9.51. The van der Waals surface area contributed by atoms with Crippen LogP contribution in [0.2, 0.25) is 0 Å². The molecular weight excluding hydrogens is 359 g/mol. The lowest BCUT2D eigenvalue weighted by Gasteiger charge is -2.19. The number of benzene rings is 1. The lowest BCUT2D eigenvalue weighted by molar-refractivity contribution is -0.253. The Balaban J connectivity index is 0.00000288. The number of alkyl halides is 5. The molecule has 1 amide bonds. The fourth-order valence-electron chi connectivity index (χ4n) is 2.17. The Labute approximate surface area is 141 Å². The Bertz CT molecular complexity index is 562. The second kappa shape index (κ2) is 8.48. The monoisotopic (exact) mass is 374 g/mol. The summed E-state index contributed by atoms with van der Waals surface area (Å²) >= 11 is 0. The molecule has 10 heteroatoms. The van der Waals surface area contributed by atoms with Gasteiger partial charge in [-0.1, -0.05) is 12.1 Å². The molecule has 0 aliphatic carbocycles. The van der Waals surface area contributed by atoms with E-state index in [0.717, 1.165) is 6.07 Å². The molecule has 1 aromatic rings. The van der Waals surface area contributed by atoms with Crippen molar-refractivity contribution >= 4 is 18.3 Å². The third-order valence-corrected chi connectivity index (χ3v) is 3.31. The van der Waals surface area contributed by atoms with Crippen LogP contribution in [-0.4, -0.2) is 43.7 Å². The normalized spacial score (nSPS) is 20.6. The van der Waals surface area contributed by atoms with Crippen LogP contribution in [0.25, 0.3) is 0 Å². The number of carbonyl (C=O) groups is 1. The summed E-state index contributed by atoms with van der Waals surface area (Å²) < 4.78 is 67.4. The number of halogens is 6. The maximum absolute atomic E-state index is 13.0. The summed E-state index contributed by atoms with van der Waals surface area (Å²) in [6, 6.07) is 4.56. The number of hydrogen-bond acceptors (Lipinski definition) is 3. The van der Waals surface area contributed by atoms with Crippen molar-refractivity contribution in [3.8, 4) is 5.75 Å². The largest absolute Gasteiger partial charge is 0.461 e. The summed E-state index contributed by atoms with van der Waals surface area (Å²) in [5.41, 5.74) is -0.303. The second-order valence-corrected chi connectivity index (χ2v) is 5.11. The van der Waals surface area contributed by atoms with E-state index in [-0.39, 0.29) is 43.5 Å². The van der Waals surface area contributed by atoms with E-state index >= 15 is 0 Å². The van der Waals surface area contributed by atoms with Gasteiger partial charge in [0.25, 0.3) is 5.91 Å². The molecule has 4 nitrogen and oxygen atoms in total. The van der Waals surface area contributed by atoms with Gasteiger partial charge in [0.1, 0.15) is 11.9 Å². The molecule has 0 bridgehead atoms. The predicted octanol–water partition coefficient (Wildman–Crippen LogP) is 2.77. The van der Waals surface area contributed by atoms with E-state index in [0.29, 0.717) is 0 Å². The maximum atomic E-state index is 13.0. The van der Waals surface area contributed by atoms with Crippen LogP contribution in [0.1, 0.15) is 16.8 Å².